The molecule has 2 aliphatic rings. The second-order valence-electron chi connectivity index (χ2n) is 9.68. The summed E-state index contributed by atoms with van der Waals surface area (Å²) >= 11 is 0. The van der Waals surface area contributed by atoms with Crippen molar-refractivity contribution in [2.45, 2.75) is 52.5 Å². The van der Waals surface area contributed by atoms with Gasteiger partial charge in [0.15, 0.2) is 5.96 Å². The molecule has 0 unspecified atom stereocenters. The quantitative estimate of drug-likeness (QED) is 0.382. The highest BCUT2D eigenvalue weighted by Crippen LogP contribution is 2.45. The third-order valence-corrected chi connectivity index (χ3v) is 6.54. The van der Waals surface area contributed by atoms with Crippen LogP contribution in [0.15, 0.2) is 29.3 Å². The molecule has 1 aliphatic heterocycles. The van der Waals surface area contributed by atoms with Crippen molar-refractivity contribution in [1.82, 2.24) is 15.5 Å². The van der Waals surface area contributed by atoms with Crippen molar-refractivity contribution in [1.29, 1.82) is 0 Å². The molecule has 0 radical (unpaired) electrons. The first-order valence-electron chi connectivity index (χ1n) is 12.1. The zero-order valence-electron chi connectivity index (χ0n) is 20.1. The molecular weight excluding hydrogens is 402 g/mol. The summed E-state index contributed by atoms with van der Waals surface area (Å²) in [5, 5.41) is 9.99. The number of nitrogens with zero attached hydrogens (tertiary/aromatic N) is 2. The van der Waals surface area contributed by atoms with Gasteiger partial charge in [0.25, 0.3) is 0 Å². The van der Waals surface area contributed by atoms with E-state index in [0.29, 0.717) is 18.4 Å². The highest BCUT2D eigenvalue weighted by molar-refractivity contribution is 5.90. The number of ether oxygens (including phenoxy) is 1. The number of morpholine rings is 1. The van der Waals surface area contributed by atoms with E-state index < -0.39 is 0 Å². The number of guanidine groups is 1. The Kier molecular flexibility index (Phi) is 9.36. The Morgan fingerprint density at radius 3 is 2.66 bits per heavy atom. The predicted molar refractivity (Wildman–Crippen MR) is 131 cm³/mol. The van der Waals surface area contributed by atoms with Crippen LogP contribution in [0.2, 0.25) is 0 Å². The van der Waals surface area contributed by atoms with Crippen molar-refractivity contribution in [2.24, 2.45) is 16.3 Å². The number of hydrogen-bond donors (Lipinski definition) is 3. The number of carbonyl (C=O) groups excluding carboxylic acids is 1. The fourth-order valence-electron chi connectivity index (χ4n) is 4.74. The van der Waals surface area contributed by atoms with E-state index in [1.54, 1.807) is 0 Å². The Balaban J connectivity index is 1.42. The van der Waals surface area contributed by atoms with Crippen molar-refractivity contribution in [3.8, 4) is 0 Å². The van der Waals surface area contributed by atoms with E-state index in [4.69, 9.17) is 4.74 Å². The molecule has 178 valence electrons. The SMILES string of the molecule is CN=C(NCc1cccc(NC(=O)CCN2CCOCC2)c1)NCC1(CC(C)C)CCC1. The maximum Gasteiger partial charge on any atom is 0.225 e. The summed E-state index contributed by atoms with van der Waals surface area (Å²) in [6, 6.07) is 8.02. The van der Waals surface area contributed by atoms with Crippen LogP contribution in [0.3, 0.4) is 0 Å². The van der Waals surface area contributed by atoms with Gasteiger partial charge in [-0.05, 0) is 48.3 Å². The number of nitrogens with one attached hydrogen (secondary N) is 3. The Morgan fingerprint density at radius 2 is 2.00 bits per heavy atom. The van der Waals surface area contributed by atoms with Crippen molar-refractivity contribution in [3.05, 3.63) is 29.8 Å². The van der Waals surface area contributed by atoms with Crippen LogP contribution in [0.5, 0.6) is 0 Å². The minimum atomic E-state index is 0.0510. The Labute approximate surface area is 193 Å². The lowest BCUT2D eigenvalue weighted by molar-refractivity contribution is -0.116. The molecule has 1 saturated heterocycles. The van der Waals surface area contributed by atoms with Gasteiger partial charge in [-0.15, -0.1) is 0 Å². The first-order chi connectivity index (χ1) is 15.5. The summed E-state index contributed by atoms with van der Waals surface area (Å²) < 4.78 is 5.36. The molecule has 0 atom stereocenters. The molecule has 1 saturated carbocycles. The van der Waals surface area contributed by atoms with Crippen molar-refractivity contribution in [3.63, 3.8) is 0 Å². The van der Waals surface area contributed by atoms with Crippen LogP contribution >= 0.6 is 0 Å². The third kappa shape index (κ3) is 7.78. The van der Waals surface area contributed by atoms with E-state index in [2.05, 4.69) is 45.8 Å². The molecule has 7 heteroatoms. The van der Waals surface area contributed by atoms with Crippen LogP contribution in [-0.2, 0) is 16.1 Å². The molecule has 0 spiro atoms. The first-order valence-corrected chi connectivity index (χ1v) is 12.1. The Hall–Kier alpha value is -2.12. The lowest BCUT2D eigenvalue weighted by atomic mass is 9.64. The second-order valence-corrected chi connectivity index (χ2v) is 9.68. The molecule has 0 bridgehead atoms. The smallest absolute Gasteiger partial charge is 0.225 e. The molecule has 3 N–H and O–H groups in total. The zero-order chi connectivity index (χ0) is 22.8. The maximum atomic E-state index is 12.4. The van der Waals surface area contributed by atoms with Gasteiger partial charge < -0.3 is 20.7 Å². The second kappa shape index (κ2) is 12.2. The zero-order valence-corrected chi connectivity index (χ0v) is 20.1. The van der Waals surface area contributed by atoms with E-state index in [-0.39, 0.29) is 5.91 Å². The monoisotopic (exact) mass is 443 g/mol. The lowest BCUT2D eigenvalue weighted by Crippen LogP contribution is -2.46. The van der Waals surface area contributed by atoms with Gasteiger partial charge in [-0.3, -0.25) is 14.7 Å². The molecule has 3 rings (SSSR count). The third-order valence-electron chi connectivity index (χ3n) is 6.54. The summed E-state index contributed by atoms with van der Waals surface area (Å²) in [5.74, 6) is 1.61. The number of aliphatic imine (C=N–C) groups is 1. The Morgan fingerprint density at radius 1 is 1.22 bits per heavy atom. The number of hydrogen-bond acceptors (Lipinski definition) is 4. The highest BCUT2D eigenvalue weighted by Gasteiger charge is 2.37. The molecule has 2 fully saturated rings. The molecule has 1 aliphatic carbocycles. The van der Waals surface area contributed by atoms with Gasteiger partial charge in [0.05, 0.1) is 13.2 Å². The molecule has 1 aromatic carbocycles. The molecular formula is C25H41N5O2. The highest BCUT2D eigenvalue weighted by atomic mass is 16.5. The van der Waals surface area contributed by atoms with Gasteiger partial charge in [0.1, 0.15) is 0 Å². The normalized spacial score (nSPS) is 18.8. The van der Waals surface area contributed by atoms with Crippen LogP contribution in [-0.4, -0.2) is 63.2 Å². The van der Waals surface area contributed by atoms with Crippen LogP contribution in [0.4, 0.5) is 5.69 Å². The molecule has 7 nitrogen and oxygen atoms in total. The first kappa shape index (κ1) is 24.5. The summed E-state index contributed by atoms with van der Waals surface area (Å²) in [5.41, 5.74) is 2.38. The van der Waals surface area contributed by atoms with Gasteiger partial charge in [-0.2, -0.15) is 0 Å². The van der Waals surface area contributed by atoms with Gasteiger partial charge in [0.2, 0.25) is 5.91 Å². The standard InChI is InChI=1S/C25H41N5O2/c1-20(2)17-25(9-5-10-25)19-28-24(26-3)27-18-21-6-4-7-22(16-21)29-23(31)8-11-30-12-14-32-15-13-30/h4,6-7,16,20H,5,8-15,17-19H2,1-3H3,(H,29,31)(H2,26,27,28). The van der Waals surface area contributed by atoms with Crippen molar-refractivity contribution >= 4 is 17.6 Å². The van der Waals surface area contributed by atoms with Crippen LogP contribution < -0.4 is 16.0 Å². The van der Waals surface area contributed by atoms with Crippen molar-refractivity contribution in [2.75, 3.05) is 51.8 Å². The van der Waals surface area contributed by atoms with Crippen LogP contribution in [0.1, 0.15) is 51.5 Å². The minimum Gasteiger partial charge on any atom is -0.379 e. The van der Waals surface area contributed by atoms with Gasteiger partial charge >= 0.3 is 0 Å². The summed E-state index contributed by atoms with van der Waals surface area (Å²) in [6.07, 6.45) is 5.72. The van der Waals surface area contributed by atoms with Gasteiger partial charge in [-0.25, -0.2) is 0 Å². The summed E-state index contributed by atoms with van der Waals surface area (Å²) in [6.45, 7) is 10.4. The maximum absolute atomic E-state index is 12.4. The summed E-state index contributed by atoms with van der Waals surface area (Å²) in [4.78, 5) is 19.0. The number of rotatable bonds is 10. The van der Waals surface area contributed by atoms with Gasteiger partial charge in [0, 0.05) is 51.9 Å². The number of anilines is 1. The average Bonchev–Trinajstić information content (AvgIpc) is 2.76. The number of carbonyl (C=O) groups is 1. The number of amides is 1. The molecule has 0 aromatic heterocycles. The number of benzene rings is 1. The van der Waals surface area contributed by atoms with Gasteiger partial charge in [-0.1, -0.05) is 32.4 Å². The molecule has 32 heavy (non-hydrogen) atoms. The topological polar surface area (TPSA) is 78.0 Å². The van der Waals surface area contributed by atoms with Crippen LogP contribution in [0, 0.1) is 11.3 Å². The van der Waals surface area contributed by atoms with E-state index >= 15 is 0 Å². The molecule has 1 amide bonds. The molecule has 1 heterocycles. The summed E-state index contributed by atoms with van der Waals surface area (Å²) in [7, 11) is 1.82. The van der Waals surface area contributed by atoms with E-state index in [9.17, 15) is 4.79 Å². The predicted octanol–water partition coefficient (Wildman–Crippen LogP) is 3.23. The fraction of sp³-hybridized carbons (Fsp3) is 0.680. The van der Waals surface area contributed by atoms with Crippen molar-refractivity contribution < 1.29 is 9.53 Å². The van der Waals surface area contributed by atoms with E-state index in [1.807, 2.05) is 25.2 Å². The Bertz CT molecular complexity index is 754. The van der Waals surface area contributed by atoms with E-state index in [1.165, 1.54) is 25.7 Å². The minimum absolute atomic E-state index is 0.0510. The average molecular weight is 444 g/mol. The largest absolute Gasteiger partial charge is 0.379 e. The van der Waals surface area contributed by atoms with Crippen LogP contribution in [0.25, 0.3) is 0 Å². The lowest BCUT2D eigenvalue weighted by Gasteiger charge is -2.43. The fourth-order valence-corrected chi connectivity index (χ4v) is 4.74. The van der Waals surface area contributed by atoms with E-state index in [0.717, 1.165) is 62.5 Å². The molecule has 1 aromatic rings.